The van der Waals surface area contributed by atoms with Gasteiger partial charge in [-0.15, -0.1) is 6.58 Å². The summed E-state index contributed by atoms with van der Waals surface area (Å²) in [5.74, 6) is -0.213. The fraction of sp³-hybridized carbons (Fsp3) is 0.400. The van der Waals surface area contributed by atoms with Crippen molar-refractivity contribution in [2.24, 2.45) is 5.92 Å². The highest BCUT2D eigenvalue weighted by Crippen LogP contribution is 2.33. The number of carbonyl (C=O) groups excluding carboxylic acids is 2. The quantitative estimate of drug-likeness (QED) is 0.587. The van der Waals surface area contributed by atoms with E-state index >= 15 is 0 Å². The molecule has 0 spiro atoms. The second kappa shape index (κ2) is 2.83. The SMILES string of the molecule is C=CCC(=O)N1C(=O)[C@H]2C=C[C@@H]1C2. The summed E-state index contributed by atoms with van der Waals surface area (Å²) in [5.41, 5.74) is 0. The van der Waals surface area contributed by atoms with Crippen LogP contribution in [0.3, 0.4) is 0 Å². The van der Waals surface area contributed by atoms with Gasteiger partial charge in [-0.25, -0.2) is 0 Å². The molecule has 0 aromatic rings. The molecule has 2 rings (SSSR count). The van der Waals surface area contributed by atoms with Gasteiger partial charge in [-0.3, -0.25) is 14.5 Å². The van der Waals surface area contributed by atoms with E-state index in [1.165, 1.54) is 11.0 Å². The van der Waals surface area contributed by atoms with Gasteiger partial charge in [0.25, 0.3) is 0 Å². The Morgan fingerprint density at radius 2 is 2.46 bits per heavy atom. The zero-order valence-corrected chi connectivity index (χ0v) is 7.27. The van der Waals surface area contributed by atoms with Crippen LogP contribution in [0, 0.1) is 5.92 Å². The molecule has 3 heteroatoms. The molecule has 0 N–H and O–H groups in total. The fourth-order valence-electron chi connectivity index (χ4n) is 1.93. The number of likely N-dealkylation sites (tertiary alicyclic amines) is 1. The monoisotopic (exact) mass is 177 g/mol. The van der Waals surface area contributed by atoms with E-state index in [1.807, 2.05) is 12.2 Å². The molecule has 2 amide bonds. The topological polar surface area (TPSA) is 37.4 Å². The summed E-state index contributed by atoms with van der Waals surface area (Å²) in [4.78, 5) is 24.3. The van der Waals surface area contributed by atoms with Crippen molar-refractivity contribution in [2.75, 3.05) is 0 Å². The predicted octanol–water partition coefficient (Wildman–Crippen LogP) is 0.876. The van der Waals surface area contributed by atoms with Gasteiger partial charge in [0.15, 0.2) is 0 Å². The average molecular weight is 177 g/mol. The van der Waals surface area contributed by atoms with Crippen molar-refractivity contribution in [3.05, 3.63) is 24.8 Å². The van der Waals surface area contributed by atoms with Crippen LogP contribution in [0.1, 0.15) is 12.8 Å². The van der Waals surface area contributed by atoms with Crippen molar-refractivity contribution in [2.45, 2.75) is 18.9 Å². The fourth-order valence-corrected chi connectivity index (χ4v) is 1.93. The van der Waals surface area contributed by atoms with Crippen molar-refractivity contribution in [1.82, 2.24) is 4.90 Å². The maximum absolute atomic E-state index is 11.5. The van der Waals surface area contributed by atoms with Crippen LogP contribution in [0.25, 0.3) is 0 Å². The van der Waals surface area contributed by atoms with E-state index in [4.69, 9.17) is 0 Å². The molecule has 0 aromatic heterocycles. The van der Waals surface area contributed by atoms with Crippen molar-refractivity contribution < 1.29 is 9.59 Å². The third kappa shape index (κ3) is 1.11. The van der Waals surface area contributed by atoms with Crippen LogP contribution < -0.4 is 0 Å². The number of hydrogen-bond donors (Lipinski definition) is 0. The van der Waals surface area contributed by atoms with Crippen LogP contribution >= 0.6 is 0 Å². The van der Waals surface area contributed by atoms with Gasteiger partial charge in [-0.1, -0.05) is 18.2 Å². The molecule has 0 aromatic carbocycles. The van der Waals surface area contributed by atoms with Gasteiger partial charge >= 0.3 is 0 Å². The van der Waals surface area contributed by atoms with Gasteiger partial charge in [0.05, 0.1) is 12.0 Å². The highest BCUT2D eigenvalue weighted by molar-refractivity contribution is 6.00. The van der Waals surface area contributed by atoms with E-state index in [0.29, 0.717) is 0 Å². The van der Waals surface area contributed by atoms with Crippen LogP contribution in [0.5, 0.6) is 0 Å². The lowest BCUT2D eigenvalue weighted by molar-refractivity contribution is -0.143. The van der Waals surface area contributed by atoms with Crippen LogP contribution in [0.4, 0.5) is 0 Å². The summed E-state index contributed by atoms with van der Waals surface area (Å²) in [7, 11) is 0. The van der Waals surface area contributed by atoms with Gasteiger partial charge in [0.1, 0.15) is 0 Å². The summed E-state index contributed by atoms with van der Waals surface area (Å²) in [6, 6.07) is 0.0185. The molecule has 0 saturated carbocycles. The second-order valence-corrected chi connectivity index (χ2v) is 3.39. The molecule has 2 atom stereocenters. The zero-order chi connectivity index (χ0) is 9.42. The van der Waals surface area contributed by atoms with Gasteiger partial charge < -0.3 is 0 Å². The van der Waals surface area contributed by atoms with E-state index in [9.17, 15) is 9.59 Å². The molecule has 68 valence electrons. The lowest BCUT2D eigenvalue weighted by Gasteiger charge is -2.21. The van der Waals surface area contributed by atoms with E-state index in [1.54, 1.807) is 0 Å². The Morgan fingerprint density at radius 1 is 1.69 bits per heavy atom. The molecular weight excluding hydrogens is 166 g/mol. The van der Waals surface area contributed by atoms with E-state index in [2.05, 4.69) is 6.58 Å². The first-order valence-electron chi connectivity index (χ1n) is 4.39. The molecule has 1 aliphatic carbocycles. The molecule has 0 unspecified atom stereocenters. The third-order valence-electron chi connectivity index (χ3n) is 2.53. The Labute approximate surface area is 76.7 Å². The van der Waals surface area contributed by atoms with Gasteiger partial charge in [-0.05, 0) is 6.42 Å². The van der Waals surface area contributed by atoms with Crippen LogP contribution in [-0.2, 0) is 9.59 Å². The Kier molecular flexibility index (Phi) is 1.79. The van der Waals surface area contributed by atoms with Crippen LogP contribution in [0.15, 0.2) is 24.8 Å². The normalized spacial score (nSPS) is 29.8. The number of fused-ring (bicyclic) bond motifs is 2. The van der Waals surface area contributed by atoms with Crippen molar-refractivity contribution >= 4 is 11.8 Å². The number of carbonyl (C=O) groups is 2. The first kappa shape index (κ1) is 8.23. The Bertz CT molecular complexity index is 306. The number of nitrogens with zero attached hydrogens (tertiary/aromatic N) is 1. The largest absolute Gasteiger partial charge is 0.275 e. The molecule has 2 bridgehead atoms. The molecule has 1 aliphatic heterocycles. The Morgan fingerprint density at radius 3 is 3.00 bits per heavy atom. The molecule has 1 saturated heterocycles. The minimum atomic E-state index is -0.128. The van der Waals surface area contributed by atoms with Gasteiger partial charge in [-0.2, -0.15) is 0 Å². The number of rotatable bonds is 2. The summed E-state index contributed by atoms with van der Waals surface area (Å²) in [5, 5.41) is 0. The van der Waals surface area contributed by atoms with Crippen LogP contribution in [0.2, 0.25) is 0 Å². The summed E-state index contributed by atoms with van der Waals surface area (Å²) in [6.07, 6.45) is 6.40. The van der Waals surface area contributed by atoms with Crippen LogP contribution in [-0.4, -0.2) is 22.8 Å². The Hall–Kier alpha value is -1.38. The molecular formula is C10H11NO2. The minimum absolute atomic E-state index is 0.0185. The summed E-state index contributed by atoms with van der Waals surface area (Å²) >= 11 is 0. The highest BCUT2D eigenvalue weighted by Gasteiger charge is 2.43. The van der Waals surface area contributed by atoms with Gasteiger partial charge in [0.2, 0.25) is 11.8 Å². The molecule has 0 radical (unpaired) electrons. The minimum Gasteiger partial charge on any atom is -0.275 e. The standard InChI is InChI=1S/C10H11NO2/c1-2-3-9(12)11-8-5-4-7(6-8)10(11)13/h2,4-5,7-8H,1,3,6H2/t7-,8+/m0/s1. The molecule has 2 aliphatic rings. The lowest BCUT2D eigenvalue weighted by atomic mass is 10.1. The van der Waals surface area contributed by atoms with Gasteiger partial charge in [0, 0.05) is 6.42 Å². The number of imide groups is 1. The summed E-state index contributed by atoms with van der Waals surface area (Å²) in [6.45, 7) is 3.48. The lowest BCUT2D eigenvalue weighted by Crippen LogP contribution is -2.39. The van der Waals surface area contributed by atoms with E-state index < -0.39 is 0 Å². The van der Waals surface area contributed by atoms with Crippen molar-refractivity contribution in [3.63, 3.8) is 0 Å². The first-order valence-corrected chi connectivity index (χ1v) is 4.39. The van der Waals surface area contributed by atoms with Crippen molar-refractivity contribution in [3.8, 4) is 0 Å². The van der Waals surface area contributed by atoms with Crippen molar-refractivity contribution in [1.29, 1.82) is 0 Å². The first-order chi connectivity index (χ1) is 6.24. The third-order valence-corrected chi connectivity index (χ3v) is 2.53. The Balaban J connectivity index is 2.17. The number of hydrogen-bond acceptors (Lipinski definition) is 2. The highest BCUT2D eigenvalue weighted by atomic mass is 16.2. The summed E-state index contributed by atoms with van der Waals surface area (Å²) < 4.78 is 0. The maximum Gasteiger partial charge on any atom is 0.236 e. The van der Waals surface area contributed by atoms with E-state index in [-0.39, 0.29) is 30.2 Å². The second-order valence-electron chi connectivity index (χ2n) is 3.39. The average Bonchev–Trinajstić information content (AvgIpc) is 2.63. The molecule has 13 heavy (non-hydrogen) atoms. The molecule has 1 fully saturated rings. The molecule has 3 nitrogen and oxygen atoms in total. The number of amides is 2. The molecule has 1 heterocycles. The maximum atomic E-state index is 11.5. The smallest absolute Gasteiger partial charge is 0.236 e. The predicted molar refractivity (Wildman–Crippen MR) is 47.7 cm³/mol. The zero-order valence-electron chi connectivity index (χ0n) is 7.27. The van der Waals surface area contributed by atoms with E-state index in [0.717, 1.165) is 6.42 Å².